The van der Waals surface area contributed by atoms with Gasteiger partial charge in [0, 0.05) is 6.07 Å². The highest BCUT2D eigenvalue weighted by Gasteiger charge is 2.08. The quantitative estimate of drug-likeness (QED) is 0.785. The summed E-state index contributed by atoms with van der Waals surface area (Å²) in [4.78, 5) is 14.3. The third-order valence-corrected chi connectivity index (χ3v) is 2.02. The smallest absolute Gasteiger partial charge is 0.354 e. The molecule has 82 valence electrons. The molecule has 6 nitrogen and oxygen atoms in total. The van der Waals surface area contributed by atoms with Gasteiger partial charge in [0.25, 0.3) is 0 Å². The molecule has 0 aliphatic rings. The van der Waals surface area contributed by atoms with Crippen LogP contribution in [0.1, 0.15) is 16.2 Å². The Kier molecular flexibility index (Phi) is 2.32. The summed E-state index contributed by atoms with van der Waals surface area (Å²) in [5.41, 5.74) is 1.13. The molecule has 2 aromatic heterocycles. The van der Waals surface area contributed by atoms with Gasteiger partial charge in [0.05, 0.1) is 17.6 Å². The highest BCUT2D eigenvalue weighted by atomic mass is 16.4. The van der Waals surface area contributed by atoms with Crippen LogP contribution >= 0.6 is 0 Å². The second-order valence-corrected chi connectivity index (χ2v) is 3.26. The van der Waals surface area contributed by atoms with Crippen molar-refractivity contribution in [1.29, 1.82) is 0 Å². The SMILES string of the molecule is Cc1cc(O)n(-c2ccc(C(=O)O)nc2)n1. The summed E-state index contributed by atoms with van der Waals surface area (Å²) in [5, 5.41) is 22.2. The Hall–Kier alpha value is -2.37. The Morgan fingerprint density at radius 1 is 1.44 bits per heavy atom. The molecule has 0 bridgehead atoms. The van der Waals surface area contributed by atoms with Gasteiger partial charge >= 0.3 is 5.97 Å². The maximum Gasteiger partial charge on any atom is 0.354 e. The van der Waals surface area contributed by atoms with Crippen molar-refractivity contribution in [2.75, 3.05) is 0 Å². The van der Waals surface area contributed by atoms with Crippen LogP contribution in [0.3, 0.4) is 0 Å². The van der Waals surface area contributed by atoms with E-state index in [1.165, 1.54) is 29.1 Å². The van der Waals surface area contributed by atoms with Gasteiger partial charge in [-0.15, -0.1) is 0 Å². The fourth-order valence-electron chi connectivity index (χ4n) is 1.31. The van der Waals surface area contributed by atoms with Gasteiger partial charge in [-0.2, -0.15) is 9.78 Å². The van der Waals surface area contributed by atoms with Gasteiger partial charge in [-0.3, -0.25) is 0 Å². The fourth-order valence-corrected chi connectivity index (χ4v) is 1.31. The van der Waals surface area contributed by atoms with Crippen molar-refractivity contribution in [2.24, 2.45) is 0 Å². The van der Waals surface area contributed by atoms with E-state index in [-0.39, 0.29) is 11.6 Å². The van der Waals surface area contributed by atoms with E-state index in [2.05, 4.69) is 10.1 Å². The van der Waals surface area contributed by atoms with Gasteiger partial charge < -0.3 is 10.2 Å². The third kappa shape index (κ3) is 1.72. The second-order valence-electron chi connectivity index (χ2n) is 3.26. The van der Waals surface area contributed by atoms with Crippen LogP contribution in [-0.2, 0) is 0 Å². The van der Waals surface area contributed by atoms with Gasteiger partial charge in [-0.25, -0.2) is 9.78 Å². The number of carbonyl (C=O) groups is 1. The summed E-state index contributed by atoms with van der Waals surface area (Å²) in [6.07, 6.45) is 1.34. The Morgan fingerprint density at radius 3 is 2.62 bits per heavy atom. The van der Waals surface area contributed by atoms with Crippen molar-refractivity contribution in [3.63, 3.8) is 0 Å². The number of hydrogen-bond acceptors (Lipinski definition) is 4. The second kappa shape index (κ2) is 3.65. The molecule has 0 amide bonds. The molecule has 0 saturated heterocycles. The zero-order valence-corrected chi connectivity index (χ0v) is 8.45. The number of hydrogen-bond donors (Lipinski definition) is 2. The molecule has 0 aromatic carbocycles. The average molecular weight is 219 g/mol. The summed E-state index contributed by atoms with van der Waals surface area (Å²) in [6.45, 7) is 1.75. The van der Waals surface area contributed by atoms with E-state index in [4.69, 9.17) is 5.11 Å². The van der Waals surface area contributed by atoms with E-state index in [1.807, 2.05) is 0 Å². The van der Waals surface area contributed by atoms with E-state index in [1.54, 1.807) is 6.92 Å². The summed E-state index contributed by atoms with van der Waals surface area (Å²) in [7, 11) is 0. The van der Waals surface area contributed by atoms with Crippen molar-refractivity contribution in [3.05, 3.63) is 35.8 Å². The van der Waals surface area contributed by atoms with Crippen LogP contribution in [0, 0.1) is 6.92 Å². The largest absolute Gasteiger partial charge is 0.493 e. The molecule has 0 unspecified atom stereocenters. The van der Waals surface area contributed by atoms with E-state index in [0.717, 1.165) is 0 Å². The van der Waals surface area contributed by atoms with Crippen LogP contribution in [0.25, 0.3) is 5.69 Å². The first-order chi connectivity index (χ1) is 7.58. The van der Waals surface area contributed by atoms with Crippen molar-refractivity contribution >= 4 is 5.97 Å². The Bertz CT molecular complexity index is 531. The third-order valence-electron chi connectivity index (χ3n) is 2.02. The van der Waals surface area contributed by atoms with Crippen molar-refractivity contribution in [1.82, 2.24) is 14.8 Å². The van der Waals surface area contributed by atoms with E-state index in [9.17, 15) is 9.90 Å². The lowest BCUT2D eigenvalue weighted by molar-refractivity contribution is 0.0690. The predicted octanol–water partition coefficient (Wildman–Crippen LogP) is 0.980. The maximum absolute atomic E-state index is 10.6. The highest BCUT2D eigenvalue weighted by molar-refractivity contribution is 5.85. The average Bonchev–Trinajstić information content (AvgIpc) is 2.58. The molecule has 0 atom stereocenters. The molecule has 0 spiro atoms. The van der Waals surface area contributed by atoms with Crippen molar-refractivity contribution in [2.45, 2.75) is 6.92 Å². The van der Waals surface area contributed by atoms with Gasteiger partial charge in [0.15, 0.2) is 0 Å². The number of aryl methyl sites for hydroxylation is 1. The number of nitrogens with zero attached hydrogens (tertiary/aromatic N) is 3. The molecule has 16 heavy (non-hydrogen) atoms. The minimum Gasteiger partial charge on any atom is -0.493 e. The number of aromatic nitrogens is 3. The van der Waals surface area contributed by atoms with E-state index < -0.39 is 5.97 Å². The molecule has 2 aromatic rings. The molecule has 6 heteroatoms. The molecule has 0 radical (unpaired) electrons. The number of carboxylic acids is 1. The normalized spacial score (nSPS) is 10.3. The lowest BCUT2D eigenvalue weighted by Crippen LogP contribution is -2.02. The summed E-state index contributed by atoms with van der Waals surface area (Å²) < 4.78 is 1.29. The first-order valence-corrected chi connectivity index (χ1v) is 4.53. The molecular formula is C10H9N3O3. The zero-order chi connectivity index (χ0) is 11.7. The lowest BCUT2D eigenvalue weighted by atomic mass is 10.3. The predicted molar refractivity (Wildman–Crippen MR) is 54.7 cm³/mol. The monoisotopic (exact) mass is 219 g/mol. The van der Waals surface area contributed by atoms with Crippen LogP contribution in [-0.4, -0.2) is 30.9 Å². The number of aromatic carboxylic acids is 1. The van der Waals surface area contributed by atoms with Gasteiger partial charge in [-0.05, 0) is 19.1 Å². The molecule has 0 fully saturated rings. The minimum absolute atomic E-state index is 0.0117. The Labute approximate surface area is 90.8 Å². The number of pyridine rings is 1. The molecular weight excluding hydrogens is 210 g/mol. The van der Waals surface area contributed by atoms with Crippen molar-refractivity contribution < 1.29 is 15.0 Å². The first kappa shape index (κ1) is 10.2. The van der Waals surface area contributed by atoms with Crippen LogP contribution in [0.15, 0.2) is 24.4 Å². The maximum atomic E-state index is 10.6. The molecule has 2 rings (SSSR count). The topological polar surface area (TPSA) is 88.2 Å². The molecule has 2 N–H and O–H groups in total. The number of aromatic hydroxyl groups is 1. The van der Waals surface area contributed by atoms with Crippen LogP contribution in [0.4, 0.5) is 0 Å². The van der Waals surface area contributed by atoms with Crippen LogP contribution in [0.5, 0.6) is 5.88 Å². The Morgan fingerprint density at radius 2 is 2.19 bits per heavy atom. The fraction of sp³-hybridized carbons (Fsp3) is 0.100. The highest BCUT2D eigenvalue weighted by Crippen LogP contribution is 2.16. The molecule has 0 aliphatic carbocycles. The number of carboxylic acid groups (broad SMARTS) is 1. The Balaban J connectivity index is 2.42. The van der Waals surface area contributed by atoms with Gasteiger partial charge in [0.2, 0.25) is 5.88 Å². The van der Waals surface area contributed by atoms with Crippen LogP contribution < -0.4 is 0 Å². The summed E-state index contributed by atoms with van der Waals surface area (Å²) >= 11 is 0. The van der Waals surface area contributed by atoms with E-state index >= 15 is 0 Å². The van der Waals surface area contributed by atoms with Gasteiger partial charge in [0.1, 0.15) is 5.69 Å². The molecule has 0 saturated carbocycles. The van der Waals surface area contributed by atoms with E-state index in [0.29, 0.717) is 11.4 Å². The first-order valence-electron chi connectivity index (χ1n) is 4.53. The van der Waals surface area contributed by atoms with Crippen LogP contribution in [0.2, 0.25) is 0 Å². The zero-order valence-electron chi connectivity index (χ0n) is 8.45. The summed E-state index contributed by atoms with van der Waals surface area (Å²) in [6, 6.07) is 4.39. The molecule has 2 heterocycles. The lowest BCUT2D eigenvalue weighted by Gasteiger charge is -2.02. The minimum atomic E-state index is -1.09. The number of rotatable bonds is 2. The molecule has 0 aliphatic heterocycles. The summed E-state index contributed by atoms with van der Waals surface area (Å²) in [5.74, 6) is -1.10. The van der Waals surface area contributed by atoms with Crippen molar-refractivity contribution in [3.8, 4) is 11.6 Å². The standard InChI is InChI=1S/C10H9N3O3/c1-6-4-9(14)13(12-6)7-2-3-8(10(15)16)11-5-7/h2-5,14H,1H3,(H,15,16). The van der Waals surface area contributed by atoms with Gasteiger partial charge in [-0.1, -0.05) is 0 Å².